The van der Waals surface area contributed by atoms with Crippen LogP contribution in [0.1, 0.15) is 74.5 Å². The van der Waals surface area contributed by atoms with Crippen LogP contribution in [0, 0.1) is 5.92 Å². The van der Waals surface area contributed by atoms with Crippen LogP contribution in [0.15, 0.2) is 110 Å². The first-order chi connectivity index (χ1) is 26.8. The van der Waals surface area contributed by atoms with Gasteiger partial charge >= 0.3 is 12.1 Å². The van der Waals surface area contributed by atoms with Crippen LogP contribution in [-0.2, 0) is 43.5 Å². The SMILES string of the molecule is C=CCCCCC(=O)OCC(CCCCNC(=O)OCc1ccccc1)NC(=O)C(CC=C)CC(=O)NC(CO)Cc1ccc(OCc2ccccc2)cc1. The number of ether oxygens (including phenoxy) is 3. The lowest BCUT2D eigenvalue weighted by Gasteiger charge is -2.23. The normalized spacial score (nSPS) is 12.3. The standard InChI is InChI=1S/C44H57N3O8/c1-3-5-6-13-22-42(50)54-33-38(21-14-15-27-45-44(52)55-32-36-19-11-8-12-20-36)47-43(51)37(16-4-2)29-41(49)46-39(30-48)28-34-23-25-40(26-24-34)53-31-35-17-9-7-10-18-35/h3-4,7-12,17-20,23-26,37-39,48H,1-2,5-6,13-16,21-22,27-33H2,(H,45,52)(H,46,49)(H,47,51). The Morgan fingerprint density at radius 2 is 1.42 bits per heavy atom. The fraction of sp³-hybridized carbons (Fsp3) is 0.409. The maximum atomic E-state index is 13.5. The third-order valence-corrected chi connectivity index (χ3v) is 8.79. The Hall–Kier alpha value is -5.42. The summed E-state index contributed by atoms with van der Waals surface area (Å²) in [5.74, 6) is -1.11. The monoisotopic (exact) mass is 755 g/mol. The van der Waals surface area contributed by atoms with Gasteiger partial charge in [0.15, 0.2) is 0 Å². The van der Waals surface area contributed by atoms with Crippen molar-refractivity contribution in [2.45, 2.75) is 89.5 Å². The molecule has 0 aromatic heterocycles. The van der Waals surface area contributed by atoms with E-state index in [9.17, 15) is 24.3 Å². The summed E-state index contributed by atoms with van der Waals surface area (Å²) in [5, 5.41) is 18.6. The van der Waals surface area contributed by atoms with E-state index in [4.69, 9.17) is 14.2 Å². The van der Waals surface area contributed by atoms with Crippen LogP contribution in [0.3, 0.4) is 0 Å². The molecule has 0 fully saturated rings. The molecule has 0 heterocycles. The van der Waals surface area contributed by atoms with E-state index >= 15 is 0 Å². The fourth-order valence-electron chi connectivity index (χ4n) is 5.72. The molecular formula is C44H57N3O8. The quantitative estimate of drug-likeness (QED) is 0.0380. The highest BCUT2D eigenvalue weighted by molar-refractivity contribution is 5.86. The summed E-state index contributed by atoms with van der Waals surface area (Å²) in [6.07, 6.45) is 7.68. The molecule has 0 saturated heterocycles. The van der Waals surface area contributed by atoms with Gasteiger partial charge in [0.25, 0.3) is 0 Å². The number of nitrogens with one attached hydrogen (secondary N) is 3. The van der Waals surface area contributed by atoms with Crippen LogP contribution in [0.25, 0.3) is 0 Å². The zero-order chi connectivity index (χ0) is 39.5. The lowest BCUT2D eigenvalue weighted by molar-refractivity contribution is -0.145. The summed E-state index contributed by atoms with van der Waals surface area (Å²) in [6.45, 7) is 8.16. The number of allylic oxidation sites excluding steroid dienone is 2. The minimum atomic E-state index is -0.726. The minimum absolute atomic E-state index is 0.0196. The molecule has 0 aliphatic rings. The van der Waals surface area contributed by atoms with Gasteiger partial charge in [0.2, 0.25) is 11.8 Å². The van der Waals surface area contributed by atoms with Gasteiger partial charge in [-0.15, -0.1) is 13.2 Å². The number of esters is 1. The molecule has 3 aromatic rings. The highest BCUT2D eigenvalue weighted by Gasteiger charge is 2.25. The molecule has 3 atom stereocenters. The molecular weight excluding hydrogens is 698 g/mol. The van der Waals surface area contributed by atoms with Crippen LogP contribution in [0.4, 0.5) is 4.79 Å². The summed E-state index contributed by atoms with van der Waals surface area (Å²) < 4.78 is 16.7. The van der Waals surface area contributed by atoms with E-state index in [1.165, 1.54) is 0 Å². The van der Waals surface area contributed by atoms with E-state index < -0.39 is 24.1 Å². The van der Waals surface area contributed by atoms with Crippen LogP contribution < -0.4 is 20.7 Å². The largest absolute Gasteiger partial charge is 0.489 e. The second-order valence-electron chi connectivity index (χ2n) is 13.4. The number of alkyl carbamates (subject to hydrolysis) is 1. The van der Waals surface area contributed by atoms with Crippen molar-refractivity contribution in [3.05, 3.63) is 127 Å². The Bertz CT molecular complexity index is 1580. The smallest absolute Gasteiger partial charge is 0.407 e. The van der Waals surface area contributed by atoms with Crippen molar-refractivity contribution in [3.63, 3.8) is 0 Å². The molecule has 0 bridgehead atoms. The van der Waals surface area contributed by atoms with Gasteiger partial charge in [-0.05, 0) is 80.2 Å². The molecule has 3 unspecified atom stereocenters. The minimum Gasteiger partial charge on any atom is -0.489 e. The first-order valence-electron chi connectivity index (χ1n) is 19.1. The molecule has 0 aliphatic carbocycles. The van der Waals surface area contributed by atoms with Crippen molar-refractivity contribution >= 4 is 23.9 Å². The zero-order valence-corrected chi connectivity index (χ0v) is 31.8. The second kappa shape index (κ2) is 26.4. The third kappa shape index (κ3) is 19.0. The average Bonchev–Trinajstić information content (AvgIpc) is 3.20. The van der Waals surface area contributed by atoms with Gasteiger partial charge in [0.1, 0.15) is 25.6 Å². The Morgan fingerprint density at radius 1 is 0.727 bits per heavy atom. The lowest BCUT2D eigenvalue weighted by Crippen LogP contribution is -2.45. The van der Waals surface area contributed by atoms with Gasteiger partial charge in [0, 0.05) is 19.4 Å². The van der Waals surface area contributed by atoms with Crippen molar-refractivity contribution in [2.75, 3.05) is 19.8 Å². The fourth-order valence-corrected chi connectivity index (χ4v) is 5.72. The Kier molecular flexibility index (Phi) is 21.1. The van der Waals surface area contributed by atoms with Gasteiger partial charge < -0.3 is 35.3 Å². The zero-order valence-electron chi connectivity index (χ0n) is 31.8. The van der Waals surface area contributed by atoms with Crippen LogP contribution in [0.5, 0.6) is 5.75 Å². The van der Waals surface area contributed by atoms with E-state index in [-0.39, 0.29) is 56.9 Å². The average molecular weight is 756 g/mol. The third-order valence-electron chi connectivity index (χ3n) is 8.79. The second-order valence-corrected chi connectivity index (χ2v) is 13.4. The number of unbranched alkanes of at least 4 members (excludes halogenated alkanes) is 3. The summed E-state index contributed by atoms with van der Waals surface area (Å²) in [7, 11) is 0. The van der Waals surface area contributed by atoms with Crippen molar-refractivity contribution in [1.82, 2.24) is 16.0 Å². The number of rotatable bonds is 27. The topological polar surface area (TPSA) is 152 Å². The molecule has 0 saturated carbocycles. The van der Waals surface area contributed by atoms with Gasteiger partial charge in [-0.25, -0.2) is 4.79 Å². The maximum absolute atomic E-state index is 13.5. The van der Waals surface area contributed by atoms with E-state index in [0.717, 1.165) is 29.5 Å². The molecule has 3 rings (SSSR count). The summed E-state index contributed by atoms with van der Waals surface area (Å²) in [5.41, 5.74) is 2.86. The summed E-state index contributed by atoms with van der Waals surface area (Å²) in [6, 6.07) is 25.7. The van der Waals surface area contributed by atoms with Crippen molar-refractivity contribution in [2.24, 2.45) is 5.92 Å². The van der Waals surface area contributed by atoms with Gasteiger partial charge in [-0.2, -0.15) is 0 Å². The Labute approximate surface area is 325 Å². The molecule has 4 N–H and O–H groups in total. The number of amides is 3. The van der Waals surface area contributed by atoms with Crippen molar-refractivity contribution in [1.29, 1.82) is 0 Å². The van der Waals surface area contributed by atoms with Crippen molar-refractivity contribution in [3.8, 4) is 5.75 Å². The number of benzene rings is 3. The van der Waals surface area contributed by atoms with E-state index in [1.807, 2.05) is 84.9 Å². The summed E-state index contributed by atoms with van der Waals surface area (Å²) >= 11 is 0. The Morgan fingerprint density at radius 3 is 2.07 bits per heavy atom. The van der Waals surface area contributed by atoms with E-state index in [2.05, 4.69) is 29.1 Å². The number of aliphatic hydroxyl groups is 1. The van der Waals surface area contributed by atoms with Gasteiger partial charge in [-0.3, -0.25) is 14.4 Å². The molecule has 0 spiro atoms. The van der Waals surface area contributed by atoms with Crippen molar-refractivity contribution < 1.29 is 38.5 Å². The first-order valence-corrected chi connectivity index (χ1v) is 19.1. The molecule has 11 nitrogen and oxygen atoms in total. The predicted octanol–water partition coefficient (Wildman–Crippen LogP) is 6.74. The summed E-state index contributed by atoms with van der Waals surface area (Å²) in [4.78, 5) is 51.3. The lowest BCUT2D eigenvalue weighted by atomic mass is 9.98. The maximum Gasteiger partial charge on any atom is 0.407 e. The number of carbonyl (C=O) groups excluding carboxylic acids is 4. The molecule has 0 radical (unpaired) electrons. The van der Waals surface area contributed by atoms with Crippen LogP contribution in [0.2, 0.25) is 0 Å². The first kappa shape index (κ1) is 44.0. The molecule has 55 heavy (non-hydrogen) atoms. The van der Waals surface area contributed by atoms with Crippen LogP contribution >= 0.6 is 0 Å². The number of carbonyl (C=O) groups is 4. The molecule has 296 valence electrons. The Balaban J connectivity index is 1.49. The highest BCUT2D eigenvalue weighted by Crippen LogP contribution is 2.17. The molecule has 3 aromatic carbocycles. The van der Waals surface area contributed by atoms with Gasteiger partial charge in [0.05, 0.1) is 24.6 Å². The number of hydrogen-bond acceptors (Lipinski definition) is 8. The highest BCUT2D eigenvalue weighted by atomic mass is 16.5. The molecule has 11 heteroatoms. The van der Waals surface area contributed by atoms with E-state index in [0.29, 0.717) is 51.0 Å². The van der Waals surface area contributed by atoms with Crippen LogP contribution in [-0.4, -0.2) is 60.8 Å². The number of hydrogen-bond donors (Lipinski definition) is 4. The molecule has 3 amide bonds. The predicted molar refractivity (Wildman–Crippen MR) is 213 cm³/mol. The number of aliphatic hydroxyl groups excluding tert-OH is 1. The van der Waals surface area contributed by atoms with Gasteiger partial charge in [-0.1, -0.05) is 84.9 Å². The van der Waals surface area contributed by atoms with E-state index in [1.54, 1.807) is 12.2 Å². The molecule has 0 aliphatic heterocycles.